The van der Waals surface area contributed by atoms with Gasteiger partial charge in [0.1, 0.15) is 11.5 Å². The molecule has 2 aliphatic heterocycles. The summed E-state index contributed by atoms with van der Waals surface area (Å²) in [5.74, 6) is -2.76. The van der Waals surface area contributed by atoms with Gasteiger partial charge in [-0.3, -0.25) is 29.0 Å². The number of carbonyl (C=O) groups excluding carboxylic acids is 4. The van der Waals surface area contributed by atoms with Gasteiger partial charge in [0.2, 0.25) is 23.6 Å². The zero-order valence-electron chi connectivity index (χ0n) is 16.6. The summed E-state index contributed by atoms with van der Waals surface area (Å²) in [4.78, 5) is 53.0. The van der Waals surface area contributed by atoms with Crippen molar-refractivity contribution in [1.82, 2.24) is 4.90 Å². The van der Waals surface area contributed by atoms with E-state index in [0.29, 0.717) is 17.2 Å². The molecule has 2 aromatic carbocycles. The molecule has 1 aliphatic carbocycles. The fourth-order valence-corrected chi connectivity index (χ4v) is 4.89. The Morgan fingerprint density at radius 3 is 1.90 bits per heavy atom. The summed E-state index contributed by atoms with van der Waals surface area (Å²) in [5, 5.41) is 0. The number of hydrogen-bond donors (Lipinski definition) is 0. The van der Waals surface area contributed by atoms with Crippen LogP contribution >= 0.6 is 0 Å². The number of carbonyl (C=O) groups is 4. The molecule has 0 N–H and O–H groups in total. The Kier molecular flexibility index (Phi) is 4.03. The van der Waals surface area contributed by atoms with Gasteiger partial charge in [-0.1, -0.05) is 17.7 Å². The zero-order chi connectivity index (χ0) is 21.2. The van der Waals surface area contributed by atoms with Crippen LogP contribution in [-0.2, 0) is 19.2 Å². The topological polar surface area (TPSA) is 84.0 Å². The number of amides is 4. The summed E-state index contributed by atoms with van der Waals surface area (Å²) >= 11 is 0. The number of imide groups is 2. The lowest BCUT2D eigenvalue weighted by Crippen LogP contribution is -2.35. The molecule has 1 saturated carbocycles. The minimum Gasteiger partial charge on any atom is -0.457 e. The average Bonchev–Trinajstić information content (AvgIpc) is 3.31. The molecule has 152 valence electrons. The third-order valence-corrected chi connectivity index (χ3v) is 6.42. The lowest BCUT2D eigenvalue weighted by molar-refractivity contribution is -0.140. The van der Waals surface area contributed by atoms with Crippen LogP contribution in [0.4, 0.5) is 5.69 Å². The van der Waals surface area contributed by atoms with Crippen molar-refractivity contribution < 1.29 is 23.9 Å². The molecule has 0 aromatic heterocycles. The molecule has 2 saturated heterocycles. The van der Waals surface area contributed by atoms with Crippen LogP contribution in [0.1, 0.15) is 12.0 Å². The van der Waals surface area contributed by atoms with Crippen molar-refractivity contribution in [2.24, 2.45) is 23.7 Å². The van der Waals surface area contributed by atoms with Crippen molar-refractivity contribution in [3.8, 4) is 11.5 Å². The molecule has 7 heteroatoms. The first kappa shape index (κ1) is 18.5. The maximum atomic E-state index is 13.1. The first-order chi connectivity index (χ1) is 14.4. The largest absolute Gasteiger partial charge is 0.457 e. The highest BCUT2D eigenvalue weighted by atomic mass is 16.5. The molecule has 0 radical (unpaired) electrons. The summed E-state index contributed by atoms with van der Waals surface area (Å²) in [7, 11) is 1.43. The summed E-state index contributed by atoms with van der Waals surface area (Å²) in [6.45, 7) is 1.99. The summed E-state index contributed by atoms with van der Waals surface area (Å²) in [6.07, 6.45) is 0.250. The van der Waals surface area contributed by atoms with Crippen LogP contribution in [0.2, 0.25) is 0 Å². The number of nitrogens with zero attached hydrogens (tertiary/aromatic N) is 2. The van der Waals surface area contributed by atoms with Crippen LogP contribution in [0, 0.1) is 30.6 Å². The van der Waals surface area contributed by atoms with E-state index in [0.717, 1.165) is 15.4 Å². The van der Waals surface area contributed by atoms with Crippen molar-refractivity contribution in [3.63, 3.8) is 0 Å². The van der Waals surface area contributed by atoms with Crippen LogP contribution in [0.3, 0.4) is 0 Å². The first-order valence-corrected chi connectivity index (χ1v) is 9.90. The van der Waals surface area contributed by atoms with Crippen molar-refractivity contribution in [2.45, 2.75) is 13.3 Å². The Labute approximate surface area is 173 Å². The Morgan fingerprint density at radius 2 is 1.27 bits per heavy atom. The fraction of sp³-hybridized carbons (Fsp3) is 0.304. The second kappa shape index (κ2) is 6.52. The van der Waals surface area contributed by atoms with E-state index in [4.69, 9.17) is 4.74 Å². The molecule has 2 aromatic rings. The smallest absolute Gasteiger partial charge is 0.238 e. The molecule has 3 fully saturated rings. The maximum absolute atomic E-state index is 13.1. The number of aryl methyl sites for hydroxylation is 1. The molecule has 30 heavy (non-hydrogen) atoms. The molecule has 4 amide bonds. The SMILES string of the molecule is Cc1ccc(Oc2ccc(N3C(=O)C4CC5C(=O)N(C)C(=O)C5C4C3=O)cc2)cc1. The third-order valence-electron chi connectivity index (χ3n) is 6.42. The molecule has 5 rings (SSSR count). The van der Waals surface area contributed by atoms with E-state index in [1.54, 1.807) is 24.3 Å². The Balaban J connectivity index is 1.37. The molecule has 3 aliphatic rings. The Hall–Kier alpha value is -3.48. The highest BCUT2D eigenvalue weighted by molar-refractivity contribution is 6.24. The molecule has 2 heterocycles. The van der Waals surface area contributed by atoms with E-state index in [2.05, 4.69) is 0 Å². The van der Waals surface area contributed by atoms with Gasteiger partial charge in [-0.15, -0.1) is 0 Å². The lowest BCUT2D eigenvalue weighted by atomic mass is 9.89. The number of anilines is 1. The minimum absolute atomic E-state index is 0.250. The van der Waals surface area contributed by atoms with Gasteiger partial charge in [-0.05, 0) is 49.7 Å². The van der Waals surface area contributed by atoms with E-state index in [1.807, 2.05) is 31.2 Å². The zero-order valence-corrected chi connectivity index (χ0v) is 16.6. The molecule has 7 nitrogen and oxygen atoms in total. The highest BCUT2D eigenvalue weighted by Gasteiger charge is 2.65. The Bertz CT molecular complexity index is 1080. The number of likely N-dealkylation sites (tertiary alicyclic amines) is 1. The number of fused-ring (bicyclic) bond motifs is 3. The second-order valence-corrected chi connectivity index (χ2v) is 8.16. The van der Waals surface area contributed by atoms with E-state index < -0.39 is 29.6 Å². The number of benzene rings is 2. The predicted octanol–water partition coefficient (Wildman–Crippen LogP) is 2.53. The maximum Gasteiger partial charge on any atom is 0.238 e. The first-order valence-electron chi connectivity index (χ1n) is 9.90. The van der Waals surface area contributed by atoms with E-state index in [9.17, 15) is 19.2 Å². The van der Waals surface area contributed by atoms with Crippen LogP contribution in [-0.4, -0.2) is 35.6 Å². The minimum atomic E-state index is -0.757. The third kappa shape index (κ3) is 2.58. The van der Waals surface area contributed by atoms with E-state index in [1.165, 1.54) is 7.05 Å². The van der Waals surface area contributed by atoms with Crippen molar-refractivity contribution in [2.75, 3.05) is 11.9 Å². The van der Waals surface area contributed by atoms with E-state index in [-0.39, 0.29) is 24.1 Å². The van der Waals surface area contributed by atoms with Gasteiger partial charge in [-0.2, -0.15) is 0 Å². The van der Waals surface area contributed by atoms with Gasteiger partial charge in [0, 0.05) is 7.05 Å². The van der Waals surface area contributed by atoms with Gasteiger partial charge >= 0.3 is 0 Å². The van der Waals surface area contributed by atoms with Crippen LogP contribution in [0.5, 0.6) is 11.5 Å². The molecule has 4 atom stereocenters. The van der Waals surface area contributed by atoms with Gasteiger partial charge in [-0.25, -0.2) is 0 Å². The van der Waals surface area contributed by atoms with Gasteiger partial charge in [0.05, 0.1) is 29.4 Å². The van der Waals surface area contributed by atoms with Crippen molar-refractivity contribution >= 4 is 29.3 Å². The van der Waals surface area contributed by atoms with Crippen molar-refractivity contribution in [1.29, 1.82) is 0 Å². The number of hydrogen-bond acceptors (Lipinski definition) is 5. The molecular weight excluding hydrogens is 384 g/mol. The van der Waals surface area contributed by atoms with Gasteiger partial charge < -0.3 is 4.74 Å². The van der Waals surface area contributed by atoms with Crippen LogP contribution in [0.25, 0.3) is 0 Å². The summed E-state index contributed by atoms with van der Waals surface area (Å²) in [6, 6.07) is 14.3. The predicted molar refractivity (Wildman–Crippen MR) is 107 cm³/mol. The highest BCUT2D eigenvalue weighted by Crippen LogP contribution is 2.52. The molecule has 4 unspecified atom stereocenters. The quantitative estimate of drug-likeness (QED) is 0.734. The molecular formula is C23H20N2O5. The normalized spacial score (nSPS) is 27.7. The second-order valence-electron chi connectivity index (χ2n) is 8.16. The molecule has 0 bridgehead atoms. The fourth-order valence-electron chi connectivity index (χ4n) is 4.89. The number of rotatable bonds is 3. The van der Waals surface area contributed by atoms with Crippen LogP contribution < -0.4 is 9.64 Å². The van der Waals surface area contributed by atoms with Gasteiger partial charge in [0.25, 0.3) is 0 Å². The monoisotopic (exact) mass is 404 g/mol. The van der Waals surface area contributed by atoms with Gasteiger partial charge in [0.15, 0.2) is 0 Å². The lowest BCUT2D eigenvalue weighted by Gasteiger charge is -2.18. The Morgan fingerprint density at radius 1 is 0.733 bits per heavy atom. The van der Waals surface area contributed by atoms with Crippen molar-refractivity contribution in [3.05, 3.63) is 54.1 Å². The van der Waals surface area contributed by atoms with E-state index >= 15 is 0 Å². The summed E-state index contributed by atoms with van der Waals surface area (Å²) in [5.41, 5.74) is 1.57. The average molecular weight is 404 g/mol. The standard InChI is InChI=1S/C23H20N2O5/c1-12-3-7-14(8-4-12)30-15-9-5-13(6-10-15)25-21(27)17-11-16-18(19(17)23(25)29)22(28)24(2)20(16)26/h3-10,16-19H,11H2,1-2H3. The molecule has 0 spiro atoms. The number of ether oxygens (including phenoxy) is 1. The summed E-state index contributed by atoms with van der Waals surface area (Å²) < 4.78 is 5.80. The van der Waals surface area contributed by atoms with Crippen LogP contribution in [0.15, 0.2) is 48.5 Å².